The zero-order chi connectivity index (χ0) is 26.5. The number of benzene rings is 3. The number of amides is 3. The van der Waals surface area contributed by atoms with E-state index in [1.807, 2.05) is 30.3 Å². The van der Waals surface area contributed by atoms with E-state index in [-0.39, 0.29) is 18.5 Å². The first-order chi connectivity index (χ1) is 18.5. The average Bonchev–Trinajstić information content (AvgIpc) is 3.14. The third kappa shape index (κ3) is 5.17. The number of rotatable bonds is 9. The fraction of sp³-hybridized carbons (Fsp3) is 0.355. The highest BCUT2D eigenvalue weighted by molar-refractivity contribution is 6.07. The summed E-state index contributed by atoms with van der Waals surface area (Å²) in [5.41, 5.74) is 3.69. The fourth-order valence-corrected chi connectivity index (χ4v) is 5.67. The molecule has 1 spiro atoms. The van der Waals surface area contributed by atoms with Gasteiger partial charge in [-0.15, -0.1) is 0 Å². The molecule has 0 N–H and O–H groups in total. The van der Waals surface area contributed by atoms with Gasteiger partial charge in [-0.3, -0.25) is 14.6 Å². The number of nitrogens with zero attached hydrogens (tertiary/aromatic N) is 3. The van der Waals surface area contributed by atoms with E-state index < -0.39 is 5.54 Å². The van der Waals surface area contributed by atoms with Crippen molar-refractivity contribution in [3.63, 3.8) is 0 Å². The minimum atomic E-state index is -0.823. The normalized spacial score (nSPS) is 17.4. The number of carbonyl (C=O) groups is 2. The van der Waals surface area contributed by atoms with Crippen molar-refractivity contribution in [3.05, 3.63) is 90.0 Å². The maximum atomic E-state index is 13.9. The number of methoxy groups -OCH3 is 2. The van der Waals surface area contributed by atoms with E-state index in [1.54, 1.807) is 19.1 Å². The highest BCUT2D eigenvalue weighted by Gasteiger charge is 2.57. The first-order valence-electron chi connectivity index (χ1n) is 13.2. The first kappa shape index (κ1) is 25.9. The second-order valence-electron chi connectivity index (χ2n) is 10.0. The lowest BCUT2D eigenvalue weighted by Gasteiger charge is -2.42. The van der Waals surface area contributed by atoms with Gasteiger partial charge in [-0.05, 0) is 53.3 Å². The summed E-state index contributed by atoms with van der Waals surface area (Å²) < 4.78 is 10.6. The van der Waals surface area contributed by atoms with E-state index in [4.69, 9.17) is 9.47 Å². The van der Waals surface area contributed by atoms with E-state index in [9.17, 15) is 9.59 Å². The highest BCUT2D eigenvalue weighted by atomic mass is 16.5. The van der Waals surface area contributed by atoms with Crippen LogP contribution in [0.3, 0.4) is 0 Å². The Balaban J connectivity index is 1.30. The van der Waals surface area contributed by atoms with Gasteiger partial charge in [0, 0.05) is 33.3 Å². The van der Waals surface area contributed by atoms with Crippen molar-refractivity contribution in [3.8, 4) is 16.9 Å². The Morgan fingerprint density at radius 1 is 0.789 bits per heavy atom. The molecule has 0 unspecified atom stereocenters. The largest absolute Gasteiger partial charge is 0.497 e. The third-order valence-electron chi connectivity index (χ3n) is 7.74. The number of carbonyl (C=O) groups excluding carboxylic acids is 2. The van der Waals surface area contributed by atoms with Gasteiger partial charge >= 0.3 is 6.03 Å². The molecular formula is C31H35N3O4. The Labute approximate surface area is 224 Å². The Bertz CT molecular complexity index is 1270. The van der Waals surface area contributed by atoms with E-state index in [0.717, 1.165) is 25.2 Å². The number of urea groups is 1. The summed E-state index contributed by atoms with van der Waals surface area (Å²) in [5, 5.41) is 0. The lowest BCUT2D eigenvalue weighted by Crippen LogP contribution is -2.57. The number of imide groups is 1. The molecule has 0 atom stereocenters. The van der Waals surface area contributed by atoms with E-state index >= 15 is 0 Å². The van der Waals surface area contributed by atoms with Crippen LogP contribution < -0.4 is 4.74 Å². The van der Waals surface area contributed by atoms with Crippen LogP contribution in [-0.4, -0.2) is 72.6 Å². The molecule has 7 heteroatoms. The number of piperidine rings is 1. The predicted octanol–water partition coefficient (Wildman–Crippen LogP) is 4.81. The molecule has 2 aliphatic rings. The van der Waals surface area contributed by atoms with Crippen molar-refractivity contribution in [2.45, 2.75) is 31.5 Å². The van der Waals surface area contributed by atoms with Crippen molar-refractivity contribution in [1.82, 2.24) is 14.7 Å². The summed E-state index contributed by atoms with van der Waals surface area (Å²) in [7, 11) is 3.23. The van der Waals surface area contributed by atoms with Crippen molar-refractivity contribution in [2.75, 3.05) is 40.5 Å². The minimum Gasteiger partial charge on any atom is -0.497 e. The van der Waals surface area contributed by atoms with Crippen molar-refractivity contribution in [1.29, 1.82) is 0 Å². The minimum absolute atomic E-state index is 0.104. The second-order valence-corrected chi connectivity index (χ2v) is 10.0. The number of ether oxygens (including phenoxy) is 2. The van der Waals surface area contributed by atoms with Crippen LogP contribution in [0.25, 0.3) is 11.1 Å². The summed E-state index contributed by atoms with van der Waals surface area (Å²) >= 11 is 0. The molecular weight excluding hydrogens is 478 g/mol. The van der Waals surface area contributed by atoms with Crippen molar-refractivity contribution >= 4 is 11.9 Å². The van der Waals surface area contributed by atoms with E-state index in [2.05, 4.69) is 53.4 Å². The summed E-state index contributed by atoms with van der Waals surface area (Å²) in [6, 6.07) is 26.3. The van der Waals surface area contributed by atoms with Crippen LogP contribution in [-0.2, 0) is 22.6 Å². The second kappa shape index (κ2) is 11.4. The van der Waals surface area contributed by atoms with Crippen LogP contribution in [0.5, 0.6) is 5.75 Å². The molecule has 0 saturated carbocycles. The van der Waals surface area contributed by atoms with Gasteiger partial charge in [0.15, 0.2) is 0 Å². The van der Waals surface area contributed by atoms with Gasteiger partial charge in [0.05, 0.1) is 20.3 Å². The molecule has 3 aromatic carbocycles. The summed E-state index contributed by atoms with van der Waals surface area (Å²) in [6.45, 7) is 3.31. The fourth-order valence-electron chi connectivity index (χ4n) is 5.67. The number of hydrogen-bond acceptors (Lipinski definition) is 5. The molecule has 3 amide bonds. The SMILES string of the molecule is COCCN1C(=O)N(Cc2cccc(OC)c2)C(=O)C12CCN(Cc1cccc(-c3ccccc3)c1)CC2. The Hall–Kier alpha value is -3.68. The first-order valence-corrected chi connectivity index (χ1v) is 13.2. The standard InChI is InChI=1S/C31H35N3O4/c1-37-19-18-34-30(36)33(23-25-9-7-13-28(21-25)38-2)29(35)31(34)14-16-32(17-15-31)22-24-8-6-12-27(20-24)26-10-4-3-5-11-26/h3-13,20-21H,14-19,22-23H2,1-2H3. The molecule has 2 saturated heterocycles. The molecule has 2 fully saturated rings. The maximum absolute atomic E-state index is 13.9. The van der Waals surface area contributed by atoms with Gasteiger partial charge in [0.2, 0.25) is 0 Å². The lowest BCUT2D eigenvalue weighted by atomic mass is 9.85. The molecule has 2 aliphatic heterocycles. The molecule has 38 heavy (non-hydrogen) atoms. The quantitative estimate of drug-likeness (QED) is 0.385. The van der Waals surface area contributed by atoms with Crippen molar-refractivity contribution in [2.24, 2.45) is 0 Å². The molecule has 198 valence electrons. The zero-order valence-corrected chi connectivity index (χ0v) is 22.1. The molecule has 7 nitrogen and oxygen atoms in total. The molecule has 5 rings (SSSR count). The average molecular weight is 514 g/mol. The van der Waals surface area contributed by atoms with Crippen LogP contribution in [0.4, 0.5) is 4.79 Å². The van der Waals surface area contributed by atoms with Crippen LogP contribution in [0.1, 0.15) is 24.0 Å². The molecule has 0 aliphatic carbocycles. The molecule has 3 aromatic rings. The predicted molar refractivity (Wildman–Crippen MR) is 147 cm³/mol. The van der Waals surface area contributed by atoms with E-state index in [1.165, 1.54) is 21.6 Å². The Morgan fingerprint density at radius 2 is 1.47 bits per heavy atom. The zero-order valence-electron chi connectivity index (χ0n) is 22.1. The van der Waals surface area contributed by atoms with Crippen LogP contribution in [0.2, 0.25) is 0 Å². The van der Waals surface area contributed by atoms with Gasteiger partial charge in [0.25, 0.3) is 5.91 Å². The molecule has 0 radical (unpaired) electrons. The Kier molecular flexibility index (Phi) is 7.77. The smallest absolute Gasteiger partial charge is 0.328 e. The van der Waals surface area contributed by atoms with Gasteiger partial charge in [-0.1, -0.05) is 60.7 Å². The van der Waals surface area contributed by atoms with Gasteiger partial charge < -0.3 is 14.4 Å². The summed E-state index contributed by atoms with van der Waals surface area (Å²) in [6.07, 6.45) is 1.21. The van der Waals surface area contributed by atoms with Crippen LogP contribution >= 0.6 is 0 Å². The topological polar surface area (TPSA) is 62.3 Å². The number of hydrogen-bond donors (Lipinski definition) is 0. The van der Waals surface area contributed by atoms with Crippen molar-refractivity contribution < 1.29 is 19.1 Å². The van der Waals surface area contributed by atoms with E-state index in [0.29, 0.717) is 31.7 Å². The molecule has 0 bridgehead atoms. The highest BCUT2D eigenvalue weighted by Crippen LogP contribution is 2.38. The molecule has 0 aromatic heterocycles. The third-order valence-corrected chi connectivity index (χ3v) is 7.74. The monoisotopic (exact) mass is 513 g/mol. The van der Waals surface area contributed by atoms with Crippen LogP contribution in [0.15, 0.2) is 78.9 Å². The van der Waals surface area contributed by atoms with Gasteiger partial charge in [-0.2, -0.15) is 0 Å². The Morgan fingerprint density at radius 3 is 2.18 bits per heavy atom. The van der Waals surface area contributed by atoms with Gasteiger partial charge in [-0.25, -0.2) is 4.79 Å². The lowest BCUT2D eigenvalue weighted by molar-refractivity contribution is -0.136. The van der Waals surface area contributed by atoms with Gasteiger partial charge in [0.1, 0.15) is 11.3 Å². The summed E-state index contributed by atoms with van der Waals surface area (Å²) in [5.74, 6) is 0.601. The van der Waals surface area contributed by atoms with Crippen LogP contribution in [0, 0.1) is 0 Å². The summed E-state index contributed by atoms with van der Waals surface area (Å²) in [4.78, 5) is 32.9. The maximum Gasteiger partial charge on any atom is 0.328 e. The molecule has 2 heterocycles. The number of likely N-dealkylation sites (tertiary alicyclic amines) is 1.